The second kappa shape index (κ2) is 3.67. The summed E-state index contributed by atoms with van der Waals surface area (Å²) < 4.78 is 0. The topological polar surface area (TPSA) is 42.1 Å². The van der Waals surface area contributed by atoms with Crippen LogP contribution in [-0.4, -0.2) is 19.1 Å². The number of anilines is 2. The van der Waals surface area contributed by atoms with Gasteiger partial charge in [0.2, 0.25) is 0 Å². The molecule has 0 saturated carbocycles. The van der Waals surface area contributed by atoms with Crippen LogP contribution in [-0.2, 0) is 0 Å². The molecule has 0 radical (unpaired) electrons. The smallest absolute Gasteiger partial charge is 0.0730 e. The van der Waals surface area contributed by atoms with Crippen molar-refractivity contribution in [2.45, 2.75) is 13.8 Å². The van der Waals surface area contributed by atoms with Crippen molar-refractivity contribution in [1.82, 2.24) is 4.98 Å². The van der Waals surface area contributed by atoms with Gasteiger partial charge >= 0.3 is 0 Å². The average Bonchev–Trinajstić information content (AvgIpc) is 2.19. The van der Waals surface area contributed by atoms with Gasteiger partial charge in [0.05, 0.1) is 5.52 Å². The van der Waals surface area contributed by atoms with Gasteiger partial charge < -0.3 is 10.6 Å². The summed E-state index contributed by atoms with van der Waals surface area (Å²) in [4.78, 5) is 6.63. The van der Waals surface area contributed by atoms with Crippen LogP contribution < -0.4 is 10.6 Å². The van der Waals surface area contributed by atoms with Gasteiger partial charge in [-0.15, -0.1) is 0 Å². The van der Waals surface area contributed by atoms with Crippen LogP contribution in [0.1, 0.15) is 11.3 Å². The number of hydrogen-bond donors (Lipinski definition) is 1. The van der Waals surface area contributed by atoms with Gasteiger partial charge in [0, 0.05) is 36.6 Å². The molecule has 1 aromatic heterocycles. The SMILES string of the molecule is Cc1cc(N(C)C)c2cc(N)c(C)cc2n1. The number of aromatic nitrogens is 1. The van der Waals surface area contributed by atoms with Crippen molar-refractivity contribution in [3.05, 3.63) is 29.5 Å². The van der Waals surface area contributed by atoms with E-state index in [2.05, 4.69) is 16.0 Å². The third-order valence-corrected chi connectivity index (χ3v) is 2.78. The van der Waals surface area contributed by atoms with E-state index in [1.165, 1.54) is 0 Å². The fraction of sp³-hybridized carbons (Fsp3) is 0.308. The Hall–Kier alpha value is -1.77. The summed E-state index contributed by atoms with van der Waals surface area (Å²) in [5.74, 6) is 0. The number of aryl methyl sites for hydroxylation is 2. The molecule has 3 heteroatoms. The zero-order valence-electron chi connectivity index (χ0n) is 10.2. The summed E-state index contributed by atoms with van der Waals surface area (Å²) in [5.41, 5.74) is 11.0. The number of pyridine rings is 1. The molecule has 16 heavy (non-hydrogen) atoms. The molecule has 1 heterocycles. The first-order valence-electron chi connectivity index (χ1n) is 5.34. The summed E-state index contributed by atoms with van der Waals surface area (Å²) in [7, 11) is 4.06. The van der Waals surface area contributed by atoms with Crippen molar-refractivity contribution >= 4 is 22.3 Å². The van der Waals surface area contributed by atoms with Gasteiger partial charge in [-0.1, -0.05) is 0 Å². The average molecular weight is 215 g/mol. The Morgan fingerprint density at radius 1 is 1.12 bits per heavy atom. The lowest BCUT2D eigenvalue weighted by Crippen LogP contribution is -2.10. The number of hydrogen-bond acceptors (Lipinski definition) is 3. The number of rotatable bonds is 1. The maximum atomic E-state index is 5.95. The summed E-state index contributed by atoms with van der Waals surface area (Å²) in [6, 6.07) is 6.13. The number of fused-ring (bicyclic) bond motifs is 1. The van der Waals surface area contributed by atoms with E-state index in [4.69, 9.17) is 5.73 Å². The molecule has 0 fully saturated rings. The lowest BCUT2D eigenvalue weighted by molar-refractivity contribution is 1.12. The van der Waals surface area contributed by atoms with Crippen LogP contribution >= 0.6 is 0 Å². The minimum atomic E-state index is 0.821. The summed E-state index contributed by atoms with van der Waals surface area (Å²) >= 11 is 0. The van der Waals surface area contributed by atoms with Gasteiger partial charge in [-0.25, -0.2) is 0 Å². The van der Waals surface area contributed by atoms with Gasteiger partial charge in [0.25, 0.3) is 0 Å². The molecule has 0 aliphatic heterocycles. The molecule has 0 spiro atoms. The Morgan fingerprint density at radius 2 is 1.81 bits per heavy atom. The van der Waals surface area contributed by atoms with Crippen LogP contribution in [0, 0.1) is 13.8 Å². The third kappa shape index (κ3) is 1.69. The first-order chi connectivity index (χ1) is 7.49. The zero-order chi connectivity index (χ0) is 11.9. The quantitative estimate of drug-likeness (QED) is 0.743. The Balaban J connectivity index is 2.85. The summed E-state index contributed by atoms with van der Waals surface area (Å²) in [5, 5.41) is 1.11. The molecule has 0 unspecified atom stereocenters. The number of benzene rings is 1. The summed E-state index contributed by atoms with van der Waals surface area (Å²) in [6.07, 6.45) is 0. The van der Waals surface area contributed by atoms with Gasteiger partial charge in [0.1, 0.15) is 0 Å². The van der Waals surface area contributed by atoms with E-state index in [0.717, 1.165) is 33.5 Å². The number of nitrogen functional groups attached to an aromatic ring is 1. The highest BCUT2D eigenvalue weighted by molar-refractivity contribution is 5.94. The normalized spacial score (nSPS) is 10.8. The lowest BCUT2D eigenvalue weighted by atomic mass is 10.1. The summed E-state index contributed by atoms with van der Waals surface area (Å²) in [6.45, 7) is 4.02. The van der Waals surface area contributed by atoms with Crippen LogP contribution in [0.3, 0.4) is 0 Å². The molecular formula is C13H17N3. The highest BCUT2D eigenvalue weighted by Crippen LogP contribution is 2.28. The molecule has 1 aromatic carbocycles. The first kappa shape index (κ1) is 10.7. The highest BCUT2D eigenvalue weighted by atomic mass is 15.1. The molecule has 0 aliphatic carbocycles. The second-order valence-electron chi connectivity index (χ2n) is 4.40. The van der Waals surface area contributed by atoms with E-state index in [9.17, 15) is 0 Å². The van der Waals surface area contributed by atoms with E-state index in [1.807, 2.05) is 40.1 Å². The fourth-order valence-corrected chi connectivity index (χ4v) is 1.87. The first-order valence-corrected chi connectivity index (χ1v) is 5.34. The molecule has 0 amide bonds. The Morgan fingerprint density at radius 3 is 2.44 bits per heavy atom. The van der Waals surface area contributed by atoms with Gasteiger partial charge in [-0.05, 0) is 37.6 Å². The molecule has 3 nitrogen and oxygen atoms in total. The van der Waals surface area contributed by atoms with E-state index >= 15 is 0 Å². The van der Waals surface area contributed by atoms with E-state index < -0.39 is 0 Å². The van der Waals surface area contributed by atoms with Crippen LogP contribution in [0.5, 0.6) is 0 Å². The molecule has 2 aromatic rings. The van der Waals surface area contributed by atoms with E-state index in [0.29, 0.717) is 0 Å². The van der Waals surface area contributed by atoms with Crippen LogP contribution in [0.2, 0.25) is 0 Å². The maximum absolute atomic E-state index is 5.95. The van der Waals surface area contributed by atoms with Gasteiger partial charge in [-0.3, -0.25) is 4.98 Å². The molecule has 0 bridgehead atoms. The molecule has 0 aliphatic rings. The molecule has 0 atom stereocenters. The van der Waals surface area contributed by atoms with Crippen molar-refractivity contribution in [3.8, 4) is 0 Å². The van der Waals surface area contributed by atoms with Crippen molar-refractivity contribution in [2.24, 2.45) is 0 Å². The molecule has 2 N–H and O–H groups in total. The standard InChI is InChI=1S/C13H17N3/c1-8-5-12-10(7-11(8)14)13(16(3)4)6-9(2)15-12/h5-7H,14H2,1-4H3. The molecule has 2 rings (SSSR count). The second-order valence-corrected chi connectivity index (χ2v) is 4.40. The third-order valence-electron chi connectivity index (χ3n) is 2.78. The minimum absolute atomic E-state index is 0.821. The fourth-order valence-electron chi connectivity index (χ4n) is 1.87. The Kier molecular flexibility index (Phi) is 2.46. The van der Waals surface area contributed by atoms with Crippen molar-refractivity contribution < 1.29 is 0 Å². The molecule has 0 saturated heterocycles. The van der Waals surface area contributed by atoms with Crippen LogP contribution in [0.15, 0.2) is 18.2 Å². The van der Waals surface area contributed by atoms with Crippen molar-refractivity contribution in [2.75, 3.05) is 24.7 Å². The number of nitrogens with zero attached hydrogens (tertiary/aromatic N) is 2. The number of nitrogens with two attached hydrogens (primary N) is 1. The van der Waals surface area contributed by atoms with Gasteiger partial charge in [0.15, 0.2) is 0 Å². The minimum Gasteiger partial charge on any atom is -0.398 e. The highest BCUT2D eigenvalue weighted by Gasteiger charge is 2.07. The Labute approximate surface area is 95.9 Å². The molecular weight excluding hydrogens is 198 g/mol. The molecule has 84 valence electrons. The predicted octanol–water partition coefficient (Wildman–Crippen LogP) is 2.50. The van der Waals surface area contributed by atoms with Crippen molar-refractivity contribution in [3.63, 3.8) is 0 Å². The lowest BCUT2D eigenvalue weighted by Gasteiger charge is -2.17. The Bertz CT molecular complexity index is 544. The van der Waals surface area contributed by atoms with E-state index in [1.54, 1.807) is 0 Å². The predicted molar refractivity (Wildman–Crippen MR) is 70.0 cm³/mol. The van der Waals surface area contributed by atoms with E-state index in [-0.39, 0.29) is 0 Å². The maximum Gasteiger partial charge on any atom is 0.0730 e. The largest absolute Gasteiger partial charge is 0.398 e. The van der Waals surface area contributed by atoms with Crippen molar-refractivity contribution in [1.29, 1.82) is 0 Å². The van der Waals surface area contributed by atoms with Gasteiger partial charge in [-0.2, -0.15) is 0 Å². The van der Waals surface area contributed by atoms with Crippen LogP contribution in [0.25, 0.3) is 10.9 Å². The monoisotopic (exact) mass is 215 g/mol. The zero-order valence-corrected chi connectivity index (χ0v) is 10.2. The van der Waals surface area contributed by atoms with Crippen LogP contribution in [0.4, 0.5) is 11.4 Å².